The van der Waals surface area contributed by atoms with Crippen LogP contribution in [-0.2, 0) is 16.4 Å². The van der Waals surface area contributed by atoms with E-state index < -0.39 is 10.0 Å². The van der Waals surface area contributed by atoms with Gasteiger partial charge in [0.05, 0.1) is 17.5 Å². The molecule has 0 radical (unpaired) electrons. The molecular formula is C24H31N5O3S. The minimum Gasteiger partial charge on any atom is -0.394 e. The molecule has 1 atom stereocenters. The quantitative estimate of drug-likeness (QED) is 0.299. The third kappa shape index (κ3) is 7.24. The van der Waals surface area contributed by atoms with E-state index in [-0.39, 0.29) is 17.5 Å². The molecule has 33 heavy (non-hydrogen) atoms. The van der Waals surface area contributed by atoms with Gasteiger partial charge in [-0.3, -0.25) is 0 Å². The largest absolute Gasteiger partial charge is 0.394 e. The Hall–Kier alpha value is -3.01. The Morgan fingerprint density at radius 3 is 2.45 bits per heavy atom. The van der Waals surface area contributed by atoms with Gasteiger partial charge in [-0.2, -0.15) is 4.98 Å². The van der Waals surface area contributed by atoms with Crippen molar-refractivity contribution in [2.75, 3.05) is 23.8 Å². The van der Waals surface area contributed by atoms with Crippen molar-refractivity contribution in [2.24, 2.45) is 0 Å². The van der Waals surface area contributed by atoms with Gasteiger partial charge in [-0.05, 0) is 56.0 Å². The highest BCUT2D eigenvalue weighted by Gasteiger charge is 2.14. The van der Waals surface area contributed by atoms with Gasteiger partial charge >= 0.3 is 0 Å². The zero-order chi connectivity index (χ0) is 23.7. The van der Waals surface area contributed by atoms with Crippen LogP contribution in [0.25, 0.3) is 0 Å². The number of benzene rings is 2. The third-order valence-corrected chi connectivity index (χ3v) is 6.70. The van der Waals surface area contributed by atoms with Crippen molar-refractivity contribution in [3.8, 4) is 0 Å². The Labute approximate surface area is 195 Å². The molecule has 0 aliphatic heterocycles. The molecule has 0 bridgehead atoms. The highest BCUT2D eigenvalue weighted by Crippen LogP contribution is 2.20. The third-order valence-electron chi connectivity index (χ3n) is 5.22. The second-order valence-corrected chi connectivity index (χ2v) is 9.56. The molecule has 4 N–H and O–H groups in total. The van der Waals surface area contributed by atoms with E-state index in [1.54, 1.807) is 30.5 Å². The fraction of sp³-hybridized carbons (Fsp3) is 0.333. The molecule has 0 fully saturated rings. The molecule has 1 heterocycles. The van der Waals surface area contributed by atoms with Crippen molar-refractivity contribution in [1.29, 1.82) is 0 Å². The average Bonchev–Trinajstić information content (AvgIpc) is 2.83. The van der Waals surface area contributed by atoms with Crippen molar-refractivity contribution >= 4 is 27.5 Å². The molecule has 8 nitrogen and oxygen atoms in total. The Morgan fingerprint density at radius 1 is 1.06 bits per heavy atom. The van der Waals surface area contributed by atoms with E-state index >= 15 is 0 Å². The lowest BCUT2D eigenvalue weighted by atomic mass is 10.1. The van der Waals surface area contributed by atoms with Crippen molar-refractivity contribution in [1.82, 2.24) is 14.7 Å². The summed E-state index contributed by atoms with van der Waals surface area (Å²) in [7, 11) is -3.58. The fourth-order valence-corrected chi connectivity index (χ4v) is 4.27. The molecule has 0 aliphatic carbocycles. The summed E-state index contributed by atoms with van der Waals surface area (Å²) in [6.07, 6.45) is 4.00. The molecule has 3 aromatic rings. The van der Waals surface area contributed by atoms with Crippen LogP contribution in [-0.4, -0.2) is 42.7 Å². The van der Waals surface area contributed by atoms with E-state index in [0.717, 1.165) is 24.8 Å². The number of hydrogen-bond donors (Lipinski definition) is 4. The van der Waals surface area contributed by atoms with Crippen molar-refractivity contribution in [2.45, 2.75) is 44.0 Å². The number of aromatic nitrogens is 2. The summed E-state index contributed by atoms with van der Waals surface area (Å²) >= 11 is 0. The van der Waals surface area contributed by atoms with E-state index in [1.807, 2.05) is 44.2 Å². The van der Waals surface area contributed by atoms with Gasteiger partial charge in [-0.1, -0.05) is 37.3 Å². The van der Waals surface area contributed by atoms with E-state index in [0.29, 0.717) is 24.0 Å². The number of rotatable bonds is 12. The molecule has 3 rings (SSSR count). The molecule has 0 saturated carbocycles. The smallest absolute Gasteiger partial charge is 0.240 e. The Kier molecular flexibility index (Phi) is 8.76. The van der Waals surface area contributed by atoms with Gasteiger partial charge < -0.3 is 15.7 Å². The lowest BCUT2D eigenvalue weighted by molar-refractivity contribution is 0.271. The number of anilines is 3. The molecular weight excluding hydrogens is 438 g/mol. The fourth-order valence-electron chi connectivity index (χ4n) is 3.19. The number of nitrogens with zero attached hydrogens (tertiary/aromatic N) is 2. The number of hydrogen-bond acceptors (Lipinski definition) is 7. The Balaban J connectivity index is 1.58. The second kappa shape index (κ2) is 11.7. The topological polar surface area (TPSA) is 116 Å². The molecule has 0 aliphatic rings. The van der Waals surface area contributed by atoms with Crippen LogP contribution in [0.4, 0.5) is 17.5 Å². The molecule has 1 aromatic heterocycles. The predicted molar refractivity (Wildman–Crippen MR) is 131 cm³/mol. The minimum atomic E-state index is -3.58. The number of nitrogens with one attached hydrogen (secondary N) is 3. The molecule has 0 saturated heterocycles. The second-order valence-electron chi connectivity index (χ2n) is 7.79. The van der Waals surface area contributed by atoms with Gasteiger partial charge in [-0.25, -0.2) is 18.1 Å². The zero-order valence-corrected chi connectivity index (χ0v) is 19.8. The van der Waals surface area contributed by atoms with E-state index in [4.69, 9.17) is 0 Å². The first-order valence-electron chi connectivity index (χ1n) is 11.0. The van der Waals surface area contributed by atoms with Gasteiger partial charge in [0.25, 0.3) is 0 Å². The zero-order valence-electron chi connectivity index (χ0n) is 19.0. The SMILES string of the molecule is CC[C@H](CO)Nc1nc(Nc2ccc(S(=O)(=O)NCCCc3ccccc3)cc2)ncc1C. The van der Waals surface area contributed by atoms with Gasteiger partial charge in [-0.15, -0.1) is 0 Å². The summed E-state index contributed by atoms with van der Waals surface area (Å²) < 4.78 is 27.8. The van der Waals surface area contributed by atoms with Crippen LogP contribution in [0.1, 0.15) is 30.9 Å². The number of aliphatic hydroxyl groups excluding tert-OH is 1. The van der Waals surface area contributed by atoms with Gasteiger partial charge in [0.2, 0.25) is 16.0 Å². The maximum absolute atomic E-state index is 12.6. The van der Waals surface area contributed by atoms with Gasteiger partial charge in [0.15, 0.2) is 0 Å². The molecule has 9 heteroatoms. The van der Waals surface area contributed by atoms with Crippen molar-refractivity contribution in [3.05, 3.63) is 71.9 Å². The summed E-state index contributed by atoms with van der Waals surface area (Å²) in [6.45, 7) is 4.26. The van der Waals surface area contributed by atoms with E-state index in [2.05, 4.69) is 25.3 Å². The summed E-state index contributed by atoms with van der Waals surface area (Å²) in [5.41, 5.74) is 2.72. The van der Waals surface area contributed by atoms with Crippen LogP contribution >= 0.6 is 0 Å². The Morgan fingerprint density at radius 2 is 1.79 bits per heavy atom. The lowest BCUT2D eigenvalue weighted by Crippen LogP contribution is -2.25. The number of sulfonamides is 1. The van der Waals surface area contributed by atoms with Crippen molar-refractivity contribution < 1.29 is 13.5 Å². The molecule has 0 unspecified atom stereocenters. The Bertz CT molecular complexity index is 1120. The van der Waals surface area contributed by atoms with Crippen LogP contribution in [0.15, 0.2) is 65.7 Å². The number of aryl methyl sites for hydroxylation is 2. The number of aliphatic hydroxyl groups is 1. The van der Waals surface area contributed by atoms with E-state index in [9.17, 15) is 13.5 Å². The first-order valence-corrected chi connectivity index (χ1v) is 12.5. The van der Waals surface area contributed by atoms with Crippen LogP contribution in [0.5, 0.6) is 0 Å². The summed E-state index contributed by atoms with van der Waals surface area (Å²) in [5.74, 6) is 1.03. The molecule has 0 amide bonds. The normalized spacial score (nSPS) is 12.3. The lowest BCUT2D eigenvalue weighted by Gasteiger charge is -2.17. The van der Waals surface area contributed by atoms with Crippen LogP contribution in [0.2, 0.25) is 0 Å². The first-order chi connectivity index (χ1) is 15.9. The highest BCUT2D eigenvalue weighted by atomic mass is 32.2. The monoisotopic (exact) mass is 469 g/mol. The summed E-state index contributed by atoms with van der Waals surface area (Å²) in [4.78, 5) is 8.96. The minimum absolute atomic E-state index is 0.0128. The average molecular weight is 470 g/mol. The maximum Gasteiger partial charge on any atom is 0.240 e. The van der Waals surface area contributed by atoms with E-state index in [1.165, 1.54) is 5.56 Å². The van der Waals surface area contributed by atoms with Gasteiger partial charge in [0.1, 0.15) is 5.82 Å². The highest BCUT2D eigenvalue weighted by molar-refractivity contribution is 7.89. The van der Waals surface area contributed by atoms with Crippen LogP contribution in [0, 0.1) is 6.92 Å². The molecule has 2 aromatic carbocycles. The van der Waals surface area contributed by atoms with Crippen molar-refractivity contribution in [3.63, 3.8) is 0 Å². The van der Waals surface area contributed by atoms with Crippen LogP contribution in [0.3, 0.4) is 0 Å². The summed E-state index contributed by atoms with van der Waals surface area (Å²) in [5, 5.41) is 15.7. The standard InChI is InChI=1S/C24H31N5O3S/c1-3-20(17-30)27-23-18(2)16-25-24(29-23)28-21-11-13-22(14-12-21)33(31,32)26-15-7-10-19-8-5-4-6-9-19/h4-6,8-9,11-14,16,20,26,30H,3,7,10,15,17H2,1-2H3,(H2,25,27,28,29)/t20-/m1/s1. The predicted octanol–water partition coefficient (Wildman–Crippen LogP) is 3.62. The summed E-state index contributed by atoms with van der Waals surface area (Å²) in [6, 6.07) is 16.4. The molecule has 176 valence electrons. The van der Waals surface area contributed by atoms with Gasteiger partial charge in [0, 0.05) is 24.0 Å². The molecule has 0 spiro atoms. The van der Waals surface area contributed by atoms with Crippen LogP contribution < -0.4 is 15.4 Å². The first kappa shape index (κ1) is 24.6. The maximum atomic E-state index is 12.6.